The maximum Gasteiger partial charge on any atom is 0.261 e. The van der Waals surface area contributed by atoms with Crippen molar-refractivity contribution >= 4 is 29.0 Å². The first-order valence-corrected chi connectivity index (χ1v) is 9.34. The third-order valence-electron chi connectivity index (χ3n) is 4.99. The minimum atomic E-state index is -1.91. The standard InChI is InChI=1S/C22H18ClNO4/c1-2-13-3-8-17-16(11-13)22(27,21(26)24-17)12-18(25)20-10-9-19(28-20)14-4-6-15(23)7-5-14/h3-11,27H,2,12H2,1H3,(H,24,26)/t22-/m1/s1. The van der Waals surface area contributed by atoms with Gasteiger partial charge in [0.15, 0.2) is 11.4 Å². The maximum atomic E-state index is 12.8. The Morgan fingerprint density at radius 2 is 1.89 bits per heavy atom. The molecule has 1 aliphatic heterocycles. The molecule has 2 aromatic carbocycles. The molecular weight excluding hydrogens is 378 g/mol. The van der Waals surface area contributed by atoms with Crippen LogP contribution < -0.4 is 5.32 Å². The second kappa shape index (κ2) is 6.93. The highest BCUT2D eigenvalue weighted by molar-refractivity contribution is 6.30. The first-order chi connectivity index (χ1) is 13.4. The average molecular weight is 396 g/mol. The number of furan rings is 1. The molecule has 6 heteroatoms. The van der Waals surface area contributed by atoms with Crippen molar-refractivity contribution in [2.24, 2.45) is 0 Å². The lowest BCUT2D eigenvalue weighted by atomic mass is 9.88. The van der Waals surface area contributed by atoms with Crippen molar-refractivity contribution in [3.05, 3.63) is 76.5 Å². The van der Waals surface area contributed by atoms with Crippen molar-refractivity contribution in [2.75, 3.05) is 5.32 Å². The number of anilines is 1. The molecular formula is C22H18ClNO4. The highest BCUT2D eigenvalue weighted by Crippen LogP contribution is 2.40. The van der Waals surface area contributed by atoms with Gasteiger partial charge < -0.3 is 14.8 Å². The number of fused-ring (bicyclic) bond motifs is 1. The Balaban J connectivity index is 1.61. The van der Waals surface area contributed by atoms with Gasteiger partial charge in [-0.3, -0.25) is 9.59 Å². The molecule has 0 aliphatic carbocycles. The number of hydrogen-bond acceptors (Lipinski definition) is 4. The van der Waals surface area contributed by atoms with E-state index in [1.165, 1.54) is 0 Å². The number of ketones is 1. The van der Waals surface area contributed by atoms with Crippen LogP contribution >= 0.6 is 11.6 Å². The molecule has 2 N–H and O–H groups in total. The Hall–Kier alpha value is -2.89. The minimum Gasteiger partial charge on any atom is -0.453 e. The number of amides is 1. The summed E-state index contributed by atoms with van der Waals surface area (Å²) in [5.41, 5.74) is 0.793. The van der Waals surface area contributed by atoms with Crippen LogP contribution in [0.25, 0.3) is 11.3 Å². The number of benzene rings is 2. The molecule has 1 amide bonds. The first-order valence-electron chi connectivity index (χ1n) is 8.97. The number of carbonyl (C=O) groups is 2. The van der Waals surface area contributed by atoms with Crippen molar-refractivity contribution in [1.29, 1.82) is 0 Å². The molecule has 3 aromatic rings. The second-order valence-corrected chi connectivity index (χ2v) is 7.26. The molecule has 2 heterocycles. The Labute approximate surface area is 166 Å². The van der Waals surface area contributed by atoms with Crippen molar-refractivity contribution in [3.8, 4) is 11.3 Å². The molecule has 5 nitrogen and oxygen atoms in total. The van der Waals surface area contributed by atoms with Crippen LogP contribution in [-0.2, 0) is 16.8 Å². The molecule has 0 bridgehead atoms. The molecule has 0 saturated carbocycles. The highest BCUT2D eigenvalue weighted by Gasteiger charge is 2.47. The summed E-state index contributed by atoms with van der Waals surface area (Å²) in [5, 5.41) is 14.3. The Morgan fingerprint density at radius 1 is 1.14 bits per heavy atom. The van der Waals surface area contributed by atoms with E-state index in [1.807, 2.05) is 13.0 Å². The first kappa shape index (κ1) is 18.5. The smallest absolute Gasteiger partial charge is 0.261 e. The van der Waals surface area contributed by atoms with E-state index in [1.54, 1.807) is 48.5 Å². The molecule has 0 unspecified atom stereocenters. The molecule has 142 valence electrons. The zero-order valence-electron chi connectivity index (χ0n) is 15.2. The predicted octanol–water partition coefficient (Wildman–Crippen LogP) is 4.58. The van der Waals surface area contributed by atoms with Crippen LogP contribution in [0.4, 0.5) is 5.69 Å². The summed E-state index contributed by atoms with van der Waals surface area (Å²) in [5.74, 6) is -0.455. The summed E-state index contributed by atoms with van der Waals surface area (Å²) < 4.78 is 5.66. The van der Waals surface area contributed by atoms with Gasteiger partial charge in [0, 0.05) is 21.8 Å². The minimum absolute atomic E-state index is 0.0891. The second-order valence-electron chi connectivity index (χ2n) is 6.82. The van der Waals surface area contributed by atoms with Gasteiger partial charge in [-0.05, 0) is 54.4 Å². The van der Waals surface area contributed by atoms with E-state index in [-0.39, 0.29) is 5.76 Å². The number of rotatable bonds is 5. The lowest BCUT2D eigenvalue weighted by molar-refractivity contribution is -0.133. The van der Waals surface area contributed by atoms with E-state index >= 15 is 0 Å². The van der Waals surface area contributed by atoms with Crippen LogP contribution in [-0.4, -0.2) is 16.8 Å². The number of aliphatic hydroxyl groups is 1. The van der Waals surface area contributed by atoms with Crippen molar-refractivity contribution in [3.63, 3.8) is 0 Å². The molecule has 1 aliphatic rings. The van der Waals surface area contributed by atoms with Crippen molar-refractivity contribution in [2.45, 2.75) is 25.4 Å². The van der Waals surface area contributed by atoms with E-state index in [4.69, 9.17) is 16.0 Å². The number of carbonyl (C=O) groups excluding carboxylic acids is 2. The highest BCUT2D eigenvalue weighted by atomic mass is 35.5. The fourth-order valence-electron chi connectivity index (χ4n) is 3.36. The molecule has 0 saturated heterocycles. The molecule has 4 rings (SSSR count). The fraction of sp³-hybridized carbons (Fsp3) is 0.182. The maximum absolute atomic E-state index is 12.8. The van der Waals surface area contributed by atoms with Crippen LogP contribution in [0, 0.1) is 0 Å². The molecule has 28 heavy (non-hydrogen) atoms. The monoisotopic (exact) mass is 395 g/mol. The zero-order chi connectivity index (χ0) is 19.9. The molecule has 0 fully saturated rings. The van der Waals surface area contributed by atoms with Gasteiger partial charge in [-0.1, -0.05) is 30.7 Å². The number of halogens is 1. The van der Waals surface area contributed by atoms with Crippen LogP contribution in [0.3, 0.4) is 0 Å². The third kappa shape index (κ3) is 3.13. The summed E-state index contributed by atoms with van der Waals surface area (Å²) in [7, 11) is 0. The summed E-state index contributed by atoms with van der Waals surface area (Å²) in [6.07, 6.45) is 0.362. The lowest BCUT2D eigenvalue weighted by Crippen LogP contribution is -2.36. The van der Waals surface area contributed by atoms with Gasteiger partial charge in [0.1, 0.15) is 5.76 Å². The van der Waals surface area contributed by atoms with Gasteiger partial charge in [0.2, 0.25) is 5.78 Å². The van der Waals surface area contributed by atoms with Gasteiger partial charge in [0.05, 0.1) is 6.42 Å². The lowest BCUT2D eigenvalue weighted by Gasteiger charge is -2.20. The number of nitrogens with one attached hydrogen (secondary N) is 1. The van der Waals surface area contributed by atoms with Crippen LogP contribution in [0.15, 0.2) is 59.0 Å². The average Bonchev–Trinajstić information content (AvgIpc) is 3.27. The van der Waals surface area contributed by atoms with Gasteiger partial charge in [-0.25, -0.2) is 0 Å². The van der Waals surface area contributed by atoms with E-state index in [0.717, 1.165) is 17.5 Å². The molecule has 1 aromatic heterocycles. The Morgan fingerprint density at radius 3 is 2.61 bits per heavy atom. The number of hydrogen-bond donors (Lipinski definition) is 2. The van der Waals surface area contributed by atoms with Crippen molar-refractivity contribution < 1.29 is 19.1 Å². The van der Waals surface area contributed by atoms with Crippen molar-refractivity contribution in [1.82, 2.24) is 0 Å². The molecule has 0 spiro atoms. The molecule has 0 radical (unpaired) electrons. The Bertz CT molecular complexity index is 1070. The van der Waals surface area contributed by atoms with Crippen LogP contribution in [0.2, 0.25) is 5.02 Å². The predicted molar refractivity (Wildman–Crippen MR) is 106 cm³/mol. The van der Waals surface area contributed by atoms with Gasteiger partial charge in [-0.15, -0.1) is 0 Å². The van der Waals surface area contributed by atoms with Crippen LogP contribution in [0.5, 0.6) is 0 Å². The van der Waals surface area contributed by atoms with Gasteiger partial charge >= 0.3 is 0 Å². The van der Waals surface area contributed by atoms with Gasteiger partial charge in [0.25, 0.3) is 5.91 Å². The summed E-state index contributed by atoms with van der Waals surface area (Å²) in [4.78, 5) is 25.2. The third-order valence-corrected chi connectivity index (χ3v) is 5.24. The fourth-order valence-corrected chi connectivity index (χ4v) is 3.49. The zero-order valence-corrected chi connectivity index (χ0v) is 15.9. The summed E-state index contributed by atoms with van der Waals surface area (Å²) >= 11 is 5.89. The number of Topliss-reactive ketones (excluding diaryl/α,β-unsaturated/α-hetero) is 1. The van der Waals surface area contributed by atoms with E-state index in [9.17, 15) is 14.7 Å². The van der Waals surface area contributed by atoms with E-state index in [0.29, 0.717) is 22.0 Å². The van der Waals surface area contributed by atoms with E-state index in [2.05, 4.69) is 5.32 Å². The topological polar surface area (TPSA) is 79.5 Å². The summed E-state index contributed by atoms with van der Waals surface area (Å²) in [6, 6.07) is 15.7. The SMILES string of the molecule is CCc1ccc2c(c1)[C@](O)(CC(=O)c1ccc(-c3ccc(Cl)cc3)o1)C(=O)N2. The Kier molecular flexibility index (Phi) is 4.57. The van der Waals surface area contributed by atoms with Gasteiger partial charge in [-0.2, -0.15) is 0 Å². The quantitative estimate of drug-likeness (QED) is 0.620. The summed E-state index contributed by atoms with van der Waals surface area (Å²) in [6.45, 7) is 1.98. The normalized spacial score (nSPS) is 18.0. The number of aryl methyl sites for hydroxylation is 1. The largest absolute Gasteiger partial charge is 0.453 e. The molecule has 1 atom stereocenters. The van der Waals surface area contributed by atoms with Crippen LogP contribution in [0.1, 0.15) is 35.0 Å². The van der Waals surface area contributed by atoms with E-state index < -0.39 is 23.7 Å².